The van der Waals surface area contributed by atoms with Crippen LogP contribution in [0.3, 0.4) is 0 Å². The molecular weight excluding hydrogens is 280 g/mol. The summed E-state index contributed by atoms with van der Waals surface area (Å²) in [5.74, 6) is 0. The molecule has 7 heteroatoms. The molecular formula is C10H15ClN2O2S2. The maximum atomic E-state index is 12.4. The molecule has 17 heavy (non-hydrogen) atoms. The Morgan fingerprint density at radius 3 is 2.76 bits per heavy atom. The van der Waals surface area contributed by atoms with Crippen LogP contribution in [-0.4, -0.2) is 37.9 Å². The smallest absolute Gasteiger partial charge is 0.252 e. The summed E-state index contributed by atoms with van der Waals surface area (Å²) in [6.45, 7) is 5.10. The first-order chi connectivity index (χ1) is 7.93. The van der Waals surface area contributed by atoms with E-state index in [-0.39, 0.29) is 12.1 Å². The summed E-state index contributed by atoms with van der Waals surface area (Å²) >= 11 is 6.90. The van der Waals surface area contributed by atoms with E-state index >= 15 is 0 Å². The van der Waals surface area contributed by atoms with Gasteiger partial charge in [-0.05, 0) is 26.0 Å². The lowest BCUT2D eigenvalue weighted by Crippen LogP contribution is -2.56. The minimum Gasteiger partial charge on any atom is -0.311 e. The topological polar surface area (TPSA) is 49.4 Å². The molecule has 2 rings (SSSR count). The van der Waals surface area contributed by atoms with Crippen LogP contribution >= 0.6 is 22.9 Å². The zero-order chi connectivity index (χ0) is 12.6. The molecule has 1 aromatic rings. The molecule has 0 aliphatic carbocycles. The summed E-state index contributed by atoms with van der Waals surface area (Å²) in [6.07, 6.45) is 0. The Bertz CT molecular complexity index is 500. The first kappa shape index (κ1) is 13.3. The van der Waals surface area contributed by atoms with Crippen molar-refractivity contribution in [2.24, 2.45) is 0 Å². The van der Waals surface area contributed by atoms with Crippen molar-refractivity contribution >= 4 is 33.0 Å². The molecule has 1 aromatic heterocycles. The quantitative estimate of drug-likeness (QED) is 0.904. The molecule has 4 nitrogen and oxygen atoms in total. The van der Waals surface area contributed by atoms with E-state index in [2.05, 4.69) is 5.32 Å². The van der Waals surface area contributed by atoms with Crippen molar-refractivity contribution in [1.29, 1.82) is 0 Å². The van der Waals surface area contributed by atoms with E-state index in [0.717, 1.165) is 11.3 Å². The predicted molar refractivity (Wildman–Crippen MR) is 70.1 cm³/mol. The van der Waals surface area contributed by atoms with E-state index in [4.69, 9.17) is 11.6 Å². The highest BCUT2D eigenvalue weighted by atomic mass is 35.5. The Morgan fingerprint density at radius 2 is 2.18 bits per heavy atom. The molecule has 1 aliphatic rings. The maximum Gasteiger partial charge on any atom is 0.252 e. The second-order valence-electron chi connectivity index (χ2n) is 4.16. The molecule has 1 N–H and O–H groups in total. The van der Waals surface area contributed by atoms with Gasteiger partial charge in [0.15, 0.2) is 0 Å². The molecule has 0 radical (unpaired) electrons. The summed E-state index contributed by atoms with van der Waals surface area (Å²) in [5, 5.41) is 3.26. The maximum absolute atomic E-state index is 12.4. The fourth-order valence-corrected chi connectivity index (χ4v) is 5.23. The summed E-state index contributed by atoms with van der Waals surface area (Å²) < 4.78 is 27.2. The van der Waals surface area contributed by atoms with Crippen molar-refractivity contribution in [1.82, 2.24) is 9.62 Å². The SMILES string of the molecule is CC1NCCN(S(=O)(=O)c2ccc(Cl)s2)C1C. The predicted octanol–water partition coefficient (Wildman–Crippen LogP) is 1.77. The van der Waals surface area contributed by atoms with Gasteiger partial charge in [0.2, 0.25) is 0 Å². The Hall–Kier alpha value is -0.140. The molecule has 0 amide bonds. The van der Waals surface area contributed by atoms with Gasteiger partial charge in [0.1, 0.15) is 4.21 Å². The standard InChI is InChI=1S/C10H15ClN2O2S2/c1-7-8(2)13(6-5-12-7)17(14,15)10-4-3-9(11)16-10/h3-4,7-8,12H,5-6H2,1-2H3. The van der Waals surface area contributed by atoms with E-state index in [1.807, 2.05) is 13.8 Å². The average molecular weight is 295 g/mol. The van der Waals surface area contributed by atoms with Gasteiger partial charge in [-0.3, -0.25) is 0 Å². The fourth-order valence-electron chi connectivity index (χ4n) is 1.92. The van der Waals surface area contributed by atoms with E-state index in [1.54, 1.807) is 16.4 Å². The largest absolute Gasteiger partial charge is 0.311 e. The molecule has 2 heterocycles. The summed E-state index contributed by atoms with van der Waals surface area (Å²) in [7, 11) is -3.40. The first-order valence-electron chi connectivity index (χ1n) is 5.43. The molecule has 1 saturated heterocycles. The number of piperazine rings is 1. The number of nitrogens with one attached hydrogen (secondary N) is 1. The molecule has 0 aromatic carbocycles. The molecule has 0 saturated carbocycles. The molecule has 96 valence electrons. The zero-order valence-electron chi connectivity index (χ0n) is 9.68. The van der Waals surface area contributed by atoms with Crippen LogP contribution in [0, 0.1) is 0 Å². The van der Waals surface area contributed by atoms with E-state index in [9.17, 15) is 8.42 Å². The molecule has 1 fully saturated rings. The van der Waals surface area contributed by atoms with E-state index < -0.39 is 10.0 Å². The van der Waals surface area contributed by atoms with Gasteiger partial charge in [-0.2, -0.15) is 4.31 Å². The molecule has 0 spiro atoms. The number of sulfonamides is 1. The van der Waals surface area contributed by atoms with Gasteiger partial charge in [0, 0.05) is 25.2 Å². The Balaban J connectivity index is 2.32. The zero-order valence-corrected chi connectivity index (χ0v) is 12.1. The second kappa shape index (κ2) is 4.85. The number of halogens is 1. The van der Waals surface area contributed by atoms with Crippen LogP contribution in [0.25, 0.3) is 0 Å². The van der Waals surface area contributed by atoms with Gasteiger partial charge < -0.3 is 5.32 Å². The van der Waals surface area contributed by atoms with Crippen molar-refractivity contribution in [3.05, 3.63) is 16.5 Å². The summed E-state index contributed by atoms with van der Waals surface area (Å²) in [5.41, 5.74) is 0. The molecule has 0 bridgehead atoms. The minimum atomic E-state index is -3.40. The molecule has 2 atom stereocenters. The summed E-state index contributed by atoms with van der Waals surface area (Å²) in [6, 6.07) is 3.31. The normalized spacial score (nSPS) is 27.2. The Labute approximate surface area is 111 Å². The van der Waals surface area contributed by atoms with Crippen molar-refractivity contribution < 1.29 is 8.42 Å². The number of hydrogen-bond donors (Lipinski definition) is 1. The van der Waals surface area contributed by atoms with Gasteiger partial charge in [0.05, 0.1) is 4.34 Å². The molecule has 2 unspecified atom stereocenters. The van der Waals surface area contributed by atoms with Crippen LogP contribution in [-0.2, 0) is 10.0 Å². The minimum absolute atomic E-state index is 0.0466. The van der Waals surface area contributed by atoms with E-state index in [1.165, 1.54) is 0 Å². The van der Waals surface area contributed by atoms with Gasteiger partial charge in [-0.1, -0.05) is 11.6 Å². The van der Waals surface area contributed by atoms with Crippen LogP contribution in [0.5, 0.6) is 0 Å². The number of rotatable bonds is 2. The van der Waals surface area contributed by atoms with Crippen LogP contribution in [0.1, 0.15) is 13.8 Å². The lowest BCUT2D eigenvalue weighted by Gasteiger charge is -2.37. The molecule has 1 aliphatic heterocycles. The van der Waals surface area contributed by atoms with E-state index in [0.29, 0.717) is 21.6 Å². The highest BCUT2D eigenvalue weighted by Gasteiger charge is 2.35. The Morgan fingerprint density at radius 1 is 1.47 bits per heavy atom. The van der Waals surface area contributed by atoms with Crippen molar-refractivity contribution in [3.63, 3.8) is 0 Å². The highest BCUT2D eigenvalue weighted by molar-refractivity contribution is 7.91. The van der Waals surface area contributed by atoms with Crippen molar-refractivity contribution in [3.8, 4) is 0 Å². The van der Waals surface area contributed by atoms with Crippen molar-refractivity contribution in [2.75, 3.05) is 13.1 Å². The second-order valence-corrected chi connectivity index (χ2v) is 7.99. The van der Waals surface area contributed by atoms with Crippen LogP contribution in [0.4, 0.5) is 0 Å². The van der Waals surface area contributed by atoms with Crippen LogP contribution < -0.4 is 5.32 Å². The third-order valence-electron chi connectivity index (χ3n) is 3.09. The van der Waals surface area contributed by atoms with Gasteiger partial charge in [-0.15, -0.1) is 11.3 Å². The number of hydrogen-bond acceptors (Lipinski definition) is 4. The Kier molecular flexibility index (Phi) is 3.80. The lowest BCUT2D eigenvalue weighted by atomic mass is 10.1. The fraction of sp³-hybridized carbons (Fsp3) is 0.600. The number of nitrogens with zero attached hydrogens (tertiary/aromatic N) is 1. The number of thiophene rings is 1. The van der Waals surface area contributed by atoms with Gasteiger partial charge in [0.25, 0.3) is 10.0 Å². The third-order valence-corrected chi connectivity index (χ3v) is 6.77. The van der Waals surface area contributed by atoms with Crippen molar-refractivity contribution in [2.45, 2.75) is 30.1 Å². The van der Waals surface area contributed by atoms with Gasteiger partial charge in [-0.25, -0.2) is 8.42 Å². The third kappa shape index (κ3) is 2.51. The van der Waals surface area contributed by atoms with Crippen LogP contribution in [0.15, 0.2) is 16.3 Å². The lowest BCUT2D eigenvalue weighted by molar-refractivity contribution is 0.233. The highest BCUT2D eigenvalue weighted by Crippen LogP contribution is 2.29. The summed E-state index contributed by atoms with van der Waals surface area (Å²) in [4.78, 5) is 0. The monoisotopic (exact) mass is 294 g/mol. The average Bonchev–Trinajstić information content (AvgIpc) is 2.69. The van der Waals surface area contributed by atoms with Crippen LogP contribution in [0.2, 0.25) is 4.34 Å². The first-order valence-corrected chi connectivity index (χ1v) is 8.07. The van der Waals surface area contributed by atoms with Gasteiger partial charge >= 0.3 is 0 Å².